The topological polar surface area (TPSA) is 86.1 Å². The smallest absolute Gasteiger partial charge is 0.317 e. The second kappa shape index (κ2) is 9.22. The Morgan fingerprint density at radius 3 is 2.62 bits per heavy atom. The molecule has 0 aromatic rings. The SMILES string of the molecule is CC(C)NC(=O)N1CC[C@@H](CC(=O)[O-])[C@@H](CC[NH+]2CCOCC2)C1. The first-order chi connectivity index (χ1) is 11.5. The zero-order valence-corrected chi connectivity index (χ0v) is 14.9. The van der Waals surface area contributed by atoms with Gasteiger partial charge in [-0.15, -0.1) is 0 Å². The highest BCUT2D eigenvalue weighted by Crippen LogP contribution is 2.28. The fourth-order valence-electron chi connectivity index (χ4n) is 3.71. The molecule has 0 radical (unpaired) electrons. The van der Waals surface area contributed by atoms with E-state index in [9.17, 15) is 14.7 Å². The van der Waals surface area contributed by atoms with Crippen LogP contribution in [0.1, 0.15) is 33.1 Å². The number of carboxylic acids is 1. The third-order valence-corrected chi connectivity index (χ3v) is 5.09. The lowest BCUT2D eigenvalue weighted by molar-refractivity contribution is -0.908. The van der Waals surface area contributed by atoms with Crippen molar-refractivity contribution in [3.63, 3.8) is 0 Å². The molecule has 24 heavy (non-hydrogen) atoms. The Hall–Kier alpha value is -1.34. The van der Waals surface area contributed by atoms with Crippen LogP contribution in [0.25, 0.3) is 0 Å². The summed E-state index contributed by atoms with van der Waals surface area (Å²) in [6.45, 7) is 9.77. The summed E-state index contributed by atoms with van der Waals surface area (Å²) < 4.78 is 5.38. The van der Waals surface area contributed by atoms with Crippen LogP contribution in [0.4, 0.5) is 4.79 Å². The highest BCUT2D eigenvalue weighted by molar-refractivity contribution is 5.74. The van der Waals surface area contributed by atoms with Gasteiger partial charge in [0.05, 0.1) is 19.8 Å². The molecule has 0 aromatic carbocycles. The van der Waals surface area contributed by atoms with Crippen molar-refractivity contribution in [1.29, 1.82) is 0 Å². The highest BCUT2D eigenvalue weighted by Gasteiger charge is 2.32. The van der Waals surface area contributed by atoms with Gasteiger partial charge in [-0.05, 0) is 38.5 Å². The van der Waals surface area contributed by atoms with Gasteiger partial charge in [-0.2, -0.15) is 0 Å². The number of hydrogen-bond acceptors (Lipinski definition) is 4. The van der Waals surface area contributed by atoms with Crippen molar-refractivity contribution >= 4 is 12.0 Å². The van der Waals surface area contributed by atoms with Gasteiger partial charge in [0.15, 0.2) is 0 Å². The largest absolute Gasteiger partial charge is 0.550 e. The van der Waals surface area contributed by atoms with E-state index in [1.165, 1.54) is 4.90 Å². The number of nitrogens with zero attached hydrogens (tertiary/aromatic N) is 1. The van der Waals surface area contributed by atoms with Gasteiger partial charge in [-0.3, -0.25) is 0 Å². The quantitative estimate of drug-likeness (QED) is 0.615. The van der Waals surface area contributed by atoms with E-state index in [0.717, 1.165) is 45.7 Å². The summed E-state index contributed by atoms with van der Waals surface area (Å²) >= 11 is 0. The molecule has 0 unspecified atom stereocenters. The van der Waals surface area contributed by atoms with Gasteiger partial charge in [-0.1, -0.05) is 0 Å². The number of carbonyl (C=O) groups is 2. The molecule has 7 heteroatoms. The second-order valence-corrected chi connectivity index (χ2v) is 7.34. The lowest BCUT2D eigenvalue weighted by Gasteiger charge is -2.39. The van der Waals surface area contributed by atoms with Gasteiger partial charge in [0.2, 0.25) is 0 Å². The number of urea groups is 1. The molecular weight excluding hydrogens is 310 g/mol. The molecule has 2 heterocycles. The summed E-state index contributed by atoms with van der Waals surface area (Å²) in [4.78, 5) is 26.7. The number of amides is 2. The van der Waals surface area contributed by atoms with Gasteiger partial charge in [0, 0.05) is 31.5 Å². The molecular formula is C17H31N3O4. The third-order valence-electron chi connectivity index (χ3n) is 5.09. The van der Waals surface area contributed by atoms with Crippen LogP contribution >= 0.6 is 0 Å². The molecule has 0 aliphatic carbocycles. The van der Waals surface area contributed by atoms with Crippen molar-refractivity contribution in [1.82, 2.24) is 10.2 Å². The number of piperidine rings is 1. The van der Waals surface area contributed by atoms with Crippen molar-refractivity contribution in [2.45, 2.75) is 39.2 Å². The number of hydrogen-bond donors (Lipinski definition) is 2. The summed E-state index contributed by atoms with van der Waals surface area (Å²) in [5, 5.41) is 14.0. The van der Waals surface area contributed by atoms with Crippen molar-refractivity contribution in [2.75, 3.05) is 45.9 Å². The van der Waals surface area contributed by atoms with Crippen LogP contribution in [0.2, 0.25) is 0 Å². The number of quaternary nitrogens is 1. The van der Waals surface area contributed by atoms with Crippen LogP contribution in [0.15, 0.2) is 0 Å². The first kappa shape index (κ1) is 19.0. The van der Waals surface area contributed by atoms with E-state index in [2.05, 4.69) is 5.32 Å². The lowest BCUT2D eigenvalue weighted by atomic mass is 9.81. The standard InChI is InChI=1S/C17H31N3O4/c1-13(2)18-17(23)20-6-4-14(11-16(21)22)15(12-20)3-5-19-7-9-24-10-8-19/h13-15H,3-12H2,1-2H3,(H,18,23)(H,21,22)/t14-,15-/m0/s1. The Morgan fingerprint density at radius 1 is 1.29 bits per heavy atom. The van der Waals surface area contributed by atoms with Gasteiger partial charge in [-0.25, -0.2) is 4.79 Å². The molecule has 2 aliphatic rings. The lowest BCUT2D eigenvalue weighted by Crippen LogP contribution is -3.14. The molecule has 0 saturated carbocycles. The number of ether oxygens (including phenoxy) is 1. The van der Waals surface area contributed by atoms with Crippen LogP contribution < -0.4 is 15.3 Å². The van der Waals surface area contributed by atoms with Crippen molar-refractivity contribution < 1.29 is 24.3 Å². The minimum absolute atomic E-state index is 0.0411. The Balaban J connectivity index is 1.91. The van der Waals surface area contributed by atoms with E-state index in [1.54, 1.807) is 0 Å². The number of likely N-dealkylation sites (tertiary alicyclic amines) is 1. The van der Waals surface area contributed by atoms with E-state index in [4.69, 9.17) is 4.74 Å². The first-order valence-electron chi connectivity index (χ1n) is 9.12. The molecule has 2 N–H and O–H groups in total. The Bertz CT molecular complexity index is 424. The molecule has 0 aromatic heterocycles. The van der Waals surface area contributed by atoms with E-state index in [1.807, 2.05) is 18.7 Å². The zero-order valence-electron chi connectivity index (χ0n) is 14.9. The van der Waals surface area contributed by atoms with E-state index in [-0.39, 0.29) is 30.3 Å². The molecule has 138 valence electrons. The van der Waals surface area contributed by atoms with E-state index in [0.29, 0.717) is 13.1 Å². The summed E-state index contributed by atoms with van der Waals surface area (Å²) in [5.74, 6) is -0.646. The normalized spacial score (nSPS) is 25.7. The van der Waals surface area contributed by atoms with Gasteiger partial charge >= 0.3 is 6.03 Å². The van der Waals surface area contributed by atoms with Crippen molar-refractivity contribution in [2.24, 2.45) is 11.8 Å². The van der Waals surface area contributed by atoms with Crippen LogP contribution in [-0.4, -0.2) is 68.9 Å². The van der Waals surface area contributed by atoms with Gasteiger partial charge < -0.3 is 29.8 Å². The van der Waals surface area contributed by atoms with Crippen LogP contribution in [0.3, 0.4) is 0 Å². The van der Waals surface area contributed by atoms with Crippen LogP contribution in [0.5, 0.6) is 0 Å². The fraction of sp³-hybridized carbons (Fsp3) is 0.882. The monoisotopic (exact) mass is 341 g/mol. The summed E-state index contributed by atoms with van der Waals surface area (Å²) in [6, 6.07) is 0.0651. The maximum Gasteiger partial charge on any atom is 0.317 e. The second-order valence-electron chi connectivity index (χ2n) is 7.34. The maximum atomic E-state index is 12.3. The van der Waals surface area contributed by atoms with Crippen molar-refractivity contribution in [3.05, 3.63) is 0 Å². The average molecular weight is 341 g/mol. The predicted octanol–water partition coefficient (Wildman–Crippen LogP) is -1.51. The van der Waals surface area contributed by atoms with Crippen LogP contribution in [-0.2, 0) is 9.53 Å². The first-order valence-corrected chi connectivity index (χ1v) is 9.12. The molecule has 2 saturated heterocycles. The number of morpholine rings is 1. The molecule has 2 rings (SSSR count). The number of aliphatic carboxylic acids is 1. The molecule has 2 aliphatic heterocycles. The predicted molar refractivity (Wildman–Crippen MR) is 87.5 cm³/mol. The van der Waals surface area contributed by atoms with Gasteiger partial charge in [0.25, 0.3) is 0 Å². The number of nitrogens with one attached hydrogen (secondary N) is 2. The molecule has 2 amide bonds. The summed E-state index contributed by atoms with van der Waals surface area (Å²) in [6.07, 6.45) is 1.78. The number of rotatable bonds is 6. The van der Waals surface area contributed by atoms with E-state index < -0.39 is 5.97 Å². The minimum Gasteiger partial charge on any atom is -0.550 e. The Kier molecular flexibility index (Phi) is 7.30. The number of carboxylic acid groups (broad SMARTS) is 1. The molecule has 0 bridgehead atoms. The molecule has 2 fully saturated rings. The Labute approximate surface area is 144 Å². The fourth-order valence-corrected chi connectivity index (χ4v) is 3.71. The van der Waals surface area contributed by atoms with Gasteiger partial charge in [0.1, 0.15) is 13.1 Å². The third kappa shape index (κ3) is 5.94. The Morgan fingerprint density at radius 2 is 2.00 bits per heavy atom. The minimum atomic E-state index is -0.983. The number of carbonyl (C=O) groups excluding carboxylic acids is 2. The molecule has 0 spiro atoms. The van der Waals surface area contributed by atoms with Crippen LogP contribution in [0, 0.1) is 11.8 Å². The summed E-state index contributed by atoms with van der Waals surface area (Å²) in [7, 11) is 0. The molecule has 2 atom stereocenters. The zero-order chi connectivity index (χ0) is 17.5. The highest BCUT2D eigenvalue weighted by atomic mass is 16.5. The molecule has 7 nitrogen and oxygen atoms in total. The average Bonchev–Trinajstić information content (AvgIpc) is 2.53. The summed E-state index contributed by atoms with van der Waals surface area (Å²) in [5.41, 5.74) is 0. The van der Waals surface area contributed by atoms with Crippen molar-refractivity contribution in [3.8, 4) is 0 Å². The maximum absolute atomic E-state index is 12.3. The van der Waals surface area contributed by atoms with E-state index >= 15 is 0 Å².